The first-order valence-corrected chi connectivity index (χ1v) is 7.33. The van der Waals surface area contributed by atoms with E-state index in [1.54, 1.807) is 6.92 Å². The lowest BCUT2D eigenvalue weighted by atomic mass is 10.0. The Morgan fingerprint density at radius 3 is 2.43 bits per heavy atom. The van der Waals surface area contributed by atoms with E-state index in [-0.39, 0.29) is 23.2 Å². The minimum absolute atomic E-state index is 0.0810. The van der Waals surface area contributed by atoms with E-state index in [1.165, 1.54) is 12.1 Å². The molecule has 0 fully saturated rings. The Morgan fingerprint density at radius 1 is 1.24 bits per heavy atom. The summed E-state index contributed by atoms with van der Waals surface area (Å²) in [5.74, 6) is -0.623. The molecule has 0 aliphatic carbocycles. The lowest BCUT2D eigenvalue weighted by Crippen LogP contribution is -2.33. The Kier molecular flexibility index (Phi) is 6.34. The van der Waals surface area contributed by atoms with Crippen molar-refractivity contribution in [3.63, 3.8) is 0 Å². The van der Waals surface area contributed by atoms with Crippen LogP contribution in [0.15, 0.2) is 12.1 Å². The van der Waals surface area contributed by atoms with Crippen LogP contribution in [0.25, 0.3) is 0 Å². The summed E-state index contributed by atoms with van der Waals surface area (Å²) in [7, 11) is 0. The summed E-state index contributed by atoms with van der Waals surface area (Å²) in [5.41, 5.74) is 0.729. The molecule has 0 saturated heterocycles. The number of pyridine rings is 1. The van der Waals surface area contributed by atoms with Gasteiger partial charge in [-0.15, -0.1) is 0 Å². The normalized spacial score (nSPS) is 12.2. The third kappa shape index (κ3) is 5.53. The number of aryl methyl sites for hydroxylation is 1. The van der Waals surface area contributed by atoms with E-state index in [0.717, 1.165) is 19.3 Å². The maximum absolute atomic E-state index is 12.1. The molecule has 0 radical (unpaired) electrons. The number of carbonyl (C=O) groups excluding carboxylic acids is 1. The molecule has 0 aromatic carbocycles. The number of aromatic carboxylic acids is 1. The van der Waals surface area contributed by atoms with E-state index in [4.69, 9.17) is 5.11 Å². The minimum Gasteiger partial charge on any atom is -0.478 e. The molecule has 0 spiro atoms. The molecule has 116 valence electrons. The topological polar surface area (TPSA) is 79.3 Å². The van der Waals surface area contributed by atoms with Crippen molar-refractivity contribution in [3.05, 3.63) is 29.1 Å². The van der Waals surface area contributed by atoms with Gasteiger partial charge in [0.25, 0.3) is 5.91 Å². The van der Waals surface area contributed by atoms with Crippen LogP contribution >= 0.6 is 0 Å². The number of rotatable bonds is 7. The van der Waals surface area contributed by atoms with Crippen molar-refractivity contribution >= 4 is 11.9 Å². The lowest BCUT2D eigenvalue weighted by Gasteiger charge is -2.14. The number of carboxylic acids is 1. The van der Waals surface area contributed by atoms with Crippen LogP contribution in [0, 0.1) is 12.8 Å². The molecule has 5 heteroatoms. The Hall–Kier alpha value is -1.91. The van der Waals surface area contributed by atoms with Gasteiger partial charge in [0.1, 0.15) is 5.69 Å². The van der Waals surface area contributed by atoms with Crippen LogP contribution < -0.4 is 5.32 Å². The smallest absolute Gasteiger partial charge is 0.337 e. The minimum atomic E-state index is -1.03. The largest absolute Gasteiger partial charge is 0.478 e. The maximum Gasteiger partial charge on any atom is 0.337 e. The van der Waals surface area contributed by atoms with Crippen LogP contribution in [0.2, 0.25) is 0 Å². The van der Waals surface area contributed by atoms with Gasteiger partial charge in [-0.25, -0.2) is 9.78 Å². The molecular formula is C16H24N2O3. The number of nitrogens with one attached hydrogen (secondary N) is 1. The summed E-state index contributed by atoms with van der Waals surface area (Å²) in [4.78, 5) is 27.0. The quantitative estimate of drug-likeness (QED) is 0.809. The van der Waals surface area contributed by atoms with Crippen LogP contribution in [0.3, 0.4) is 0 Å². The average Bonchev–Trinajstić information content (AvgIpc) is 2.37. The van der Waals surface area contributed by atoms with Gasteiger partial charge in [0.15, 0.2) is 0 Å². The van der Waals surface area contributed by atoms with Gasteiger partial charge in [-0.3, -0.25) is 4.79 Å². The first-order valence-electron chi connectivity index (χ1n) is 7.33. The van der Waals surface area contributed by atoms with E-state index in [1.807, 2.05) is 6.92 Å². The predicted molar refractivity (Wildman–Crippen MR) is 81.6 cm³/mol. The maximum atomic E-state index is 12.1. The van der Waals surface area contributed by atoms with Gasteiger partial charge in [0, 0.05) is 6.04 Å². The monoisotopic (exact) mass is 292 g/mol. The molecule has 0 saturated carbocycles. The molecule has 0 aliphatic rings. The summed E-state index contributed by atoms with van der Waals surface area (Å²) in [5, 5.41) is 11.8. The Balaban J connectivity index is 2.59. The molecular weight excluding hydrogens is 268 g/mol. The summed E-state index contributed by atoms with van der Waals surface area (Å²) in [6.07, 6.45) is 3.14. The van der Waals surface area contributed by atoms with Crippen LogP contribution in [-0.2, 0) is 0 Å². The highest BCUT2D eigenvalue weighted by Gasteiger charge is 2.14. The highest BCUT2D eigenvalue weighted by Crippen LogP contribution is 2.10. The molecule has 1 heterocycles. The fourth-order valence-corrected chi connectivity index (χ4v) is 2.12. The molecule has 21 heavy (non-hydrogen) atoms. The molecule has 5 nitrogen and oxygen atoms in total. The molecule has 0 bridgehead atoms. The molecule has 1 rings (SSSR count). The Labute approximate surface area is 125 Å². The van der Waals surface area contributed by atoms with Gasteiger partial charge in [-0.2, -0.15) is 0 Å². The van der Waals surface area contributed by atoms with Gasteiger partial charge >= 0.3 is 5.97 Å². The Bertz CT molecular complexity index is 512. The van der Waals surface area contributed by atoms with Gasteiger partial charge < -0.3 is 10.4 Å². The molecule has 1 amide bonds. The zero-order chi connectivity index (χ0) is 16.0. The van der Waals surface area contributed by atoms with Gasteiger partial charge in [0.05, 0.1) is 11.3 Å². The van der Waals surface area contributed by atoms with Crippen molar-refractivity contribution < 1.29 is 14.7 Å². The molecule has 1 unspecified atom stereocenters. The first kappa shape index (κ1) is 17.1. The van der Waals surface area contributed by atoms with Crippen LogP contribution in [0.5, 0.6) is 0 Å². The second-order valence-electron chi connectivity index (χ2n) is 5.83. The van der Waals surface area contributed by atoms with Crippen LogP contribution in [-0.4, -0.2) is 28.0 Å². The fourth-order valence-electron chi connectivity index (χ4n) is 2.12. The van der Waals surface area contributed by atoms with Gasteiger partial charge in [0.2, 0.25) is 0 Å². The van der Waals surface area contributed by atoms with Crippen molar-refractivity contribution in [2.75, 3.05) is 0 Å². The molecule has 1 aromatic heterocycles. The molecule has 1 aromatic rings. The van der Waals surface area contributed by atoms with Crippen molar-refractivity contribution in [1.29, 1.82) is 0 Å². The van der Waals surface area contributed by atoms with Gasteiger partial charge in [-0.05, 0) is 38.3 Å². The highest BCUT2D eigenvalue weighted by molar-refractivity contribution is 5.94. The molecule has 1 atom stereocenters. The number of aromatic nitrogens is 1. The van der Waals surface area contributed by atoms with Crippen molar-refractivity contribution in [3.8, 4) is 0 Å². The first-order chi connectivity index (χ1) is 9.81. The van der Waals surface area contributed by atoms with Gasteiger partial charge in [-0.1, -0.05) is 26.7 Å². The SMILES string of the molecule is Cc1nc(C(=O)NC(C)CCCC(C)C)ccc1C(=O)O. The second kappa shape index (κ2) is 7.76. The zero-order valence-electron chi connectivity index (χ0n) is 13.1. The fraction of sp³-hybridized carbons (Fsp3) is 0.562. The van der Waals surface area contributed by atoms with E-state index in [0.29, 0.717) is 11.6 Å². The zero-order valence-corrected chi connectivity index (χ0v) is 13.1. The highest BCUT2D eigenvalue weighted by atomic mass is 16.4. The van der Waals surface area contributed by atoms with Crippen LogP contribution in [0.4, 0.5) is 0 Å². The second-order valence-corrected chi connectivity index (χ2v) is 5.83. The third-order valence-electron chi connectivity index (χ3n) is 3.34. The Morgan fingerprint density at radius 2 is 1.90 bits per heavy atom. The third-order valence-corrected chi connectivity index (χ3v) is 3.34. The summed E-state index contributed by atoms with van der Waals surface area (Å²) < 4.78 is 0. The summed E-state index contributed by atoms with van der Waals surface area (Å²) >= 11 is 0. The molecule has 0 aliphatic heterocycles. The van der Waals surface area contributed by atoms with E-state index in [9.17, 15) is 9.59 Å². The summed E-state index contributed by atoms with van der Waals surface area (Å²) in [6, 6.07) is 2.95. The predicted octanol–water partition coefficient (Wildman–Crippen LogP) is 3.03. The molecule has 2 N–H and O–H groups in total. The van der Waals surface area contributed by atoms with Crippen LogP contribution in [0.1, 0.15) is 66.6 Å². The number of carboxylic acid groups (broad SMARTS) is 1. The lowest BCUT2D eigenvalue weighted by molar-refractivity contribution is 0.0694. The summed E-state index contributed by atoms with van der Waals surface area (Å²) in [6.45, 7) is 7.92. The van der Waals surface area contributed by atoms with Crippen molar-refractivity contribution in [2.24, 2.45) is 5.92 Å². The standard InChI is InChI=1S/C16H24N2O3/c1-10(2)6-5-7-11(3)17-15(19)14-9-8-13(16(20)21)12(4)18-14/h8-11H,5-7H2,1-4H3,(H,17,19)(H,20,21). The number of carbonyl (C=O) groups is 2. The van der Waals surface area contributed by atoms with Crippen molar-refractivity contribution in [1.82, 2.24) is 10.3 Å². The van der Waals surface area contributed by atoms with E-state index < -0.39 is 5.97 Å². The number of hydrogen-bond donors (Lipinski definition) is 2. The average molecular weight is 292 g/mol. The van der Waals surface area contributed by atoms with E-state index >= 15 is 0 Å². The van der Waals surface area contributed by atoms with E-state index in [2.05, 4.69) is 24.1 Å². The number of hydrogen-bond acceptors (Lipinski definition) is 3. The number of nitrogens with zero attached hydrogens (tertiary/aromatic N) is 1. The number of amides is 1. The van der Waals surface area contributed by atoms with Crippen molar-refractivity contribution in [2.45, 2.75) is 53.0 Å².